The van der Waals surface area contributed by atoms with Gasteiger partial charge in [0.1, 0.15) is 0 Å². The number of aromatic nitrogens is 1. The lowest BCUT2D eigenvalue weighted by Crippen LogP contribution is -1.94. The summed E-state index contributed by atoms with van der Waals surface area (Å²) >= 11 is 1.42. The van der Waals surface area contributed by atoms with Gasteiger partial charge in [-0.1, -0.05) is 13.3 Å². The van der Waals surface area contributed by atoms with Gasteiger partial charge < -0.3 is 0 Å². The summed E-state index contributed by atoms with van der Waals surface area (Å²) in [6.45, 7) is 2.08. The minimum atomic E-state index is 0.231. The van der Waals surface area contributed by atoms with Gasteiger partial charge in [0.2, 0.25) is 0 Å². The van der Waals surface area contributed by atoms with E-state index in [1.165, 1.54) is 11.3 Å². The Kier molecular flexibility index (Phi) is 3.23. The standard InChI is InChI=1S/C8H11NOS/c1-2-3-4-7(10)8-5-9-6-11-8/h5-6H,2-4H2,1H3. The average Bonchev–Trinajstić information content (AvgIpc) is 2.52. The molecule has 0 aromatic carbocycles. The fourth-order valence-corrected chi connectivity index (χ4v) is 1.40. The molecule has 0 amide bonds. The maximum absolute atomic E-state index is 11.2. The number of thiazole rings is 1. The van der Waals surface area contributed by atoms with Gasteiger partial charge in [0.25, 0.3) is 0 Å². The van der Waals surface area contributed by atoms with Crippen molar-refractivity contribution >= 4 is 17.1 Å². The zero-order chi connectivity index (χ0) is 8.10. The van der Waals surface area contributed by atoms with Crippen molar-refractivity contribution in [1.29, 1.82) is 0 Å². The van der Waals surface area contributed by atoms with E-state index in [0.29, 0.717) is 6.42 Å². The van der Waals surface area contributed by atoms with Crippen LogP contribution in [0.25, 0.3) is 0 Å². The van der Waals surface area contributed by atoms with Crippen molar-refractivity contribution in [3.8, 4) is 0 Å². The molecule has 0 aliphatic heterocycles. The Labute approximate surface area is 70.3 Å². The van der Waals surface area contributed by atoms with Crippen LogP contribution in [0.15, 0.2) is 11.7 Å². The maximum atomic E-state index is 11.2. The van der Waals surface area contributed by atoms with Gasteiger partial charge in [-0.15, -0.1) is 11.3 Å². The van der Waals surface area contributed by atoms with E-state index >= 15 is 0 Å². The molecule has 3 heteroatoms. The molecule has 11 heavy (non-hydrogen) atoms. The van der Waals surface area contributed by atoms with E-state index < -0.39 is 0 Å². The molecule has 0 saturated carbocycles. The van der Waals surface area contributed by atoms with Crippen LogP contribution in [-0.2, 0) is 0 Å². The monoisotopic (exact) mass is 169 g/mol. The molecule has 0 N–H and O–H groups in total. The Balaban J connectivity index is 2.43. The number of carbonyl (C=O) groups excluding carboxylic acids is 1. The smallest absolute Gasteiger partial charge is 0.174 e. The van der Waals surface area contributed by atoms with Crippen molar-refractivity contribution in [2.75, 3.05) is 0 Å². The molecule has 1 aromatic heterocycles. The van der Waals surface area contributed by atoms with Crippen LogP contribution in [0, 0.1) is 0 Å². The summed E-state index contributed by atoms with van der Waals surface area (Å²) < 4.78 is 0. The van der Waals surface area contributed by atoms with Gasteiger partial charge in [-0.05, 0) is 6.42 Å². The minimum absolute atomic E-state index is 0.231. The topological polar surface area (TPSA) is 30.0 Å². The molecule has 0 aliphatic rings. The van der Waals surface area contributed by atoms with Crippen molar-refractivity contribution < 1.29 is 4.79 Å². The van der Waals surface area contributed by atoms with Gasteiger partial charge in [-0.25, -0.2) is 0 Å². The van der Waals surface area contributed by atoms with E-state index in [-0.39, 0.29) is 5.78 Å². The molecule has 1 aromatic rings. The molecule has 0 bridgehead atoms. The van der Waals surface area contributed by atoms with Crippen LogP contribution >= 0.6 is 11.3 Å². The average molecular weight is 169 g/mol. The highest BCUT2D eigenvalue weighted by Gasteiger charge is 2.05. The first kappa shape index (κ1) is 8.40. The van der Waals surface area contributed by atoms with Crippen molar-refractivity contribution in [1.82, 2.24) is 4.98 Å². The number of hydrogen-bond donors (Lipinski definition) is 0. The molecular weight excluding hydrogens is 158 g/mol. The van der Waals surface area contributed by atoms with Crippen molar-refractivity contribution in [2.45, 2.75) is 26.2 Å². The van der Waals surface area contributed by atoms with Gasteiger partial charge in [-0.2, -0.15) is 0 Å². The number of nitrogens with zero attached hydrogens (tertiary/aromatic N) is 1. The molecule has 0 spiro atoms. The molecule has 0 aliphatic carbocycles. The third-order valence-electron chi connectivity index (χ3n) is 1.46. The summed E-state index contributed by atoms with van der Waals surface area (Å²) in [6, 6.07) is 0. The van der Waals surface area contributed by atoms with Crippen LogP contribution in [0.3, 0.4) is 0 Å². The second-order valence-corrected chi connectivity index (χ2v) is 3.28. The molecule has 1 heterocycles. The lowest BCUT2D eigenvalue weighted by molar-refractivity contribution is 0.0983. The summed E-state index contributed by atoms with van der Waals surface area (Å²) in [5.74, 6) is 0.231. The van der Waals surface area contributed by atoms with Gasteiger partial charge in [0, 0.05) is 12.6 Å². The Morgan fingerprint density at radius 3 is 3.09 bits per heavy atom. The van der Waals surface area contributed by atoms with Gasteiger partial charge in [0.05, 0.1) is 10.4 Å². The van der Waals surface area contributed by atoms with Crippen molar-refractivity contribution in [2.24, 2.45) is 0 Å². The third-order valence-corrected chi connectivity index (χ3v) is 2.28. The molecule has 0 atom stereocenters. The lowest BCUT2D eigenvalue weighted by Gasteiger charge is -1.92. The van der Waals surface area contributed by atoms with Crippen LogP contribution in [0.2, 0.25) is 0 Å². The van der Waals surface area contributed by atoms with E-state index in [1.807, 2.05) is 0 Å². The highest BCUT2D eigenvalue weighted by Crippen LogP contribution is 2.10. The van der Waals surface area contributed by atoms with Gasteiger partial charge in [-0.3, -0.25) is 9.78 Å². The van der Waals surface area contributed by atoms with Crippen molar-refractivity contribution in [3.05, 3.63) is 16.6 Å². The quantitative estimate of drug-likeness (QED) is 0.648. The van der Waals surface area contributed by atoms with Crippen LogP contribution in [0.1, 0.15) is 35.9 Å². The van der Waals surface area contributed by atoms with E-state index in [2.05, 4.69) is 11.9 Å². The first-order valence-electron chi connectivity index (χ1n) is 3.76. The molecule has 0 fully saturated rings. The molecular formula is C8H11NOS. The minimum Gasteiger partial charge on any atom is -0.293 e. The number of unbranched alkanes of at least 4 members (excludes halogenated alkanes) is 1. The second-order valence-electron chi connectivity index (χ2n) is 2.39. The molecule has 0 saturated heterocycles. The van der Waals surface area contributed by atoms with Crippen LogP contribution in [-0.4, -0.2) is 10.8 Å². The second kappa shape index (κ2) is 4.23. The summed E-state index contributed by atoms with van der Waals surface area (Å²) in [5, 5.41) is 0. The molecule has 1 rings (SSSR count). The predicted octanol–water partition coefficient (Wildman–Crippen LogP) is 2.52. The lowest BCUT2D eigenvalue weighted by atomic mass is 10.2. The highest BCUT2D eigenvalue weighted by molar-refractivity contribution is 7.11. The summed E-state index contributed by atoms with van der Waals surface area (Å²) in [6.07, 6.45) is 4.36. The van der Waals surface area contributed by atoms with Gasteiger partial charge >= 0.3 is 0 Å². The Hall–Kier alpha value is -0.700. The van der Waals surface area contributed by atoms with E-state index in [0.717, 1.165) is 17.7 Å². The Morgan fingerprint density at radius 1 is 1.73 bits per heavy atom. The maximum Gasteiger partial charge on any atom is 0.174 e. The number of rotatable bonds is 4. The number of carbonyl (C=O) groups is 1. The molecule has 2 nitrogen and oxygen atoms in total. The van der Waals surface area contributed by atoms with Crippen LogP contribution < -0.4 is 0 Å². The van der Waals surface area contributed by atoms with Crippen LogP contribution in [0.4, 0.5) is 0 Å². The molecule has 60 valence electrons. The largest absolute Gasteiger partial charge is 0.293 e. The zero-order valence-electron chi connectivity index (χ0n) is 6.54. The first-order chi connectivity index (χ1) is 5.34. The normalized spacial score (nSPS) is 9.91. The SMILES string of the molecule is CCCCC(=O)c1cncs1. The van der Waals surface area contributed by atoms with Crippen LogP contribution in [0.5, 0.6) is 0 Å². The van der Waals surface area contributed by atoms with E-state index in [1.54, 1.807) is 11.7 Å². The predicted molar refractivity (Wildman–Crippen MR) is 46.0 cm³/mol. The summed E-state index contributed by atoms with van der Waals surface area (Å²) in [7, 11) is 0. The number of ketones is 1. The fourth-order valence-electron chi connectivity index (χ4n) is 0.814. The highest BCUT2D eigenvalue weighted by atomic mass is 32.1. The van der Waals surface area contributed by atoms with Gasteiger partial charge in [0.15, 0.2) is 5.78 Å². The van der Waals surface area contributed by atoms with Crippen molar-refractivity contribution in [3.63, 3.8) is 0 Å². The van der Waals surface area contributed by atoms with E-state index in [9.17, 15) is 4.79 Å². The number of hydrogen-bond acceptors (Lipinski definition) is 3. The summed E-state index contributed by atoms with van der Waals surface area (Å²) in [4.78, 5) is 15.9. The fraction of sp³-hybridized carbons (Fsp3) is 0.500. The molecule has 0 unspecified atom stereocenters. The first-order valence-corrected chi connectivity index (χ1v) is 4.64. The third kappa shape index (κ3) is 2.42. The summed E-state index contributed by atoms with van der Waals surface area (Å²) in [5.41, 5.74) is 1.69. The molecule has 0 radical (unpaired) electrons. The Bertz CT molecular complexity index is 218. The number of Topliss-reactive ketones (excluding diaryl/α,β-unsaturated/α-hetero) is 1. The Morgan fingerprint density at radius 2 is 2.55 bits per heavy atom. The van der Waals surface area contributed by atoms with E-state index in [4.69, 9.17) is 0 Å². The zero-order valence-corrected chi connectivity index (χ0v) is 7.36.